The van der Waals surface area contributed by atoms with Gasteiger partial charge in [-0.15, -0.1) is 0 Å². The van der Waals surface area contributed by atoms with Gasteiger partial charge in [-0.2, -0.15) is 0 Å². The van der Waals surface area contributed by atoms with Crippen molar-refractivity contribution in [1.29, 1.82) is 0 Å². The zero-order valence-electron chi connectivity index (χ0n) is 13.5. The van der Waals surface area contributed by atoms with E-state index >= 15 is 0 Å². The largest absolute Gasteiger partial charge is 0.349 e. The van der Waals surface area contributed by atoms with Crippen molar-refractivity contribution in [3.05, 3.63) is 34.3 Å². The van der Waals surface area contributed by atoms with E-state index in [0.717, 1.165) is 18.4 Å². The monoisotopic (exact) mass is 322 g/mol. The topological polar surface area (TPSA) is 41.1 Å². The highest BCUT2D eigenvalue weighted by atomic mass is 35.5. The standard InChI is InChI=1S/C14H18ClNO.C4H9N/c1-10-7-8-11(9-13(10)15)14(17)16-12-5-3-2-4-6-12;1-2-4-5-3-1/h7-9,12H,2-6H2,1H3,(H,16,17);5H,1-4H2. The van der Waals surface area contributed by atoms with Gasteiger partial charge in [0, 0.05) is 16.6 Å². The summed E-state index contributed by atoms with van der Waals surface area (Å²) in [6.07, 6.45) is 8.72. The molecule has 3 nitrogen and oxygen atoms in total. The molecule has 0 bridgehead atoms. The van der Waals surface area contributed by atoms with Gasteiger partial charge in [-0.3, -0.25) is 4.79 Å². The number of halogens is 1. The number of carbonyl (C=O) groups excluding carboxylic acids is 1. The number of carbonyl (C=O) groups is 1. The van der Waals surface area contributed by atoms with Gasteiger partial charge in [0.15, 0.2) is 0 Å². The minimum atomic E-state index is -0.00111. The number of hydrogen-bond acceptors (Lipinski definition) is 2. The number of rotatable bonds is 2. The maximum absolute atomic E-state index is 12.0. The number of amides is 1. The first-order chi connectivity index (χ1) is 10.7. The minimum absolute atomic E-state index is 0.00111. The summed E-state index contributed by atoms with van der Waals surface area (Å²) >= 11 is 6.02. The predicted octanol–water partition coefficient (Wildman–Crippen LogP) is 4.08. The molecule has 0 atom stereocenters. The Balaban J connectivity index is 0.000000299. The average Bonchev–Trinajstić information content (AvgIpc) is 3.10. The molecule has 4 heteroatoms. The highest BCUT2D eigenvalue weighted by molar-refractivity contribution is 6.31. The van der Waals surface area contributed by atoms with Crippen molar-refractivity contribution in [3.8, 4) is 0 Å². The molecule has 0 aromatic heterocycles. The van der Waals surface area contributed by atoms with Crippen LogP contribution in [0.5, 0.6) is 0 Å². The van der Waals surface area contributed by atoms with Crippen LogP contribution in [-0.4, -0.2) is 25.0 Å². The van der Waals surface area contributed by atoms with Crippen LogP contribution in [0.3, 0.4) is 0 Å². The number of benzene rings is 1. The van der Waals surface area contributed by atoms with E-state index in [1.54, 1.807) is 6.07 Å². The van der Waals surface area contributed by atoms with Gasteiger partial charge >= 0.3 is 0 Å². The normalized spacial score (nSPS) is 18.5. The molecule has 122 valence electrons. The second-order valence-corrected chi connectivity index (χ2v) is 6.64. The Labute approximate surface area is 138 Å². The van der Waals surface area contributed by atoms with Crippen molar-refractivity contribution in [2.24, 2.45) is 0 Å². The molecule has 1 aromatic rings. The summed E-state index contributed by atoms with van der Waals surface area (Å²) in [6.45, 7) is 4.44. The molecule has 22 heavy (non-hydrogen) atoms. The second-order valence-electron chi connectivity index (χ2n) is 6.23. The van der Waals surface area contributed by atoms with Gasteiger partial charge in [0.1, 0.15) is 0 Å². The van der Waals surface area contributed by atoms with E-state index < -0.39 is 0 Å². The lowest BCUT2D eigenvalue weighted by Gasteiger charge is -2.22. The summed E-state index contributed by atoms with van der Waals surface area (Å²) in [5.74, 6) is -0.00111. The molecule has 1 saturated carbocycles. The molecule has 2 fully saturated rings. The van der Waals surface area contributed by atoms with Crippen molar-refractivity contribution >= 4 is 17.5 Å². The van der Waals surface area contributed by atoms with Gasteiger partial charge in [0.2, 0.25) is 0 Å². The summed E-state index contributed by atoms with van der Waals surface area (Å²) in [5.41, 5.74) is 1.66. The molecule has 0 spiro atoms. The van der Waals surface area contributed by atoms with Crippen LogP contribution in [-0.2, 0) is 0 Å². The van der Waals surface area contributed by atoms with E-state index in [-0.39, 0.29) is 5.91 Å². The van der Waals surface area contributed by atoms with Crippen LogP contribution in [0.4, 0.5) is 0 Å². The van der Waals surface area contributed by atoms with Gasteiger partial charge in [-0.05, 0) is 63.4 Å². The molecule has 1 aliphatic heterocycles. The minimum Gasteiger partial charge on any atom is -0.349 e. The van der Waals surface area contributed by atoms with Gasteiger partial charge in [0.05, 0.1) is 0 Å². The summed E-state index contributed by atoms with van der Waals surface area (Å²) < 4.78 is 0. The van der Waals surface area contributed by atoms with Crippen molar-refractivity contribution in [3.63, 3.8) is 0 Å². The lowest BCUT2D eigenvalue weighted by molar-refractivity contribution is 0.0927. The third-order valence-corrected chi connectivity index (χ3v) is 4.74. The Morgan fingerprint density at radius 3 is 2.36 bits per heavy atom. The summed E-state index contributed by atoms with van der Waals surface area (Å²) in [7, 11) is 0. The fourth-order valence-corrected chi connectivity index (χ4v) is 3.06. The molecule has 1 saturated heterocycles. The van der Waals surface area contributed by atoms with Gasteiger partial charge < -0.3 is 10.6 Å². The fourth-order valence-electron chi connectivity index (χ4n) is 2.87. The molecular weight excluding hydrogens is 296 g/mol. The SMILES string of the molecule is C1CCNC1.Cc1ccc(C(=O)NC2CCCCC2)cc1Cl. The smallest absolute Gasteiger partial charge is 0.251 e. The molecular formula is C18H27ClN2O. The third kappa shape index (κ3) is 5.62. The molecule has 0 unspecified atom stereocenters. The van der Waals surface area contributed by atoms with Crippen LogP contribution in [0.1, 0.15) is 60.9 Å². The van der Waals surface area contributed by atoms with Crippen LogP contribution < -0.4 is 10.6 Å². The molecule has 1 amide bonds. The van der Waals surface area contributed by atoms with Crippen LogP contribution >= 0.6 is 11.6 Å². The summed E-state index contributed by atoms with van der Waals surface area (Å²) in [6, 6.07) is 5.81. The molecule has 1 heterocycles. The molecule has 3 rings (SSSR count). The van der Waals surface area contributed by atoms with Crippen molar-refractivity contribution < 1.29 is 4.79 Å². The van der Waals surface area contributed by atoms with Gasteiger partial charge in [-0.1, -0.05) is 36.9 Å². The fraction of sp³-hybridized carbons (Fsp3) is 0.611. The zero-order chi connectivity index (χ0) is 15.8. The Hall–Kier alpha value is -1.06. The van der Waals surface area contributed by atoms with Crippen LogP contribution in [0.15, 0.2) is 18.2 Å². The summed E-state index contributed by atoms with van der Waals surface area (Å²) in [4.78, 5) is 12.0. The van der Waals surface area contributed by atoms with E-state index in [1.165, 1.54) is 45.2 Å². The lowest BCUT2D eigenvalue weighted by atomic mass is 9.95. The van der Waals surface area contributed by atoms with Crippen LogP contribution in [0, 0.1) is 6.92 Å². The Bertz CT molecular complexity index is 472. The van der Waals surface area contributed by atoms with Crippen molar-refractivity contribution in [2.45, 2.75) is 57.9 Å². The predicted molar refractivity (Wildman–Crippen MR) is 92.6 cm³/mol. The first-order valence-electron chi connectivity index (χ1n) is 8.44. The maximum Gasteiger partial charge on any atom is 0.251 e. The molecule has 0 radical (unpaired) electrons. The van der Waals surface area contributed by atoms with Gasteiger partial charge in [-0.25, -0.2) is 0 Å². The first-order valence-corrected chi connectivity index (χ1v) is 8.82. The van der Waals surface area contributed by atoms with Crippen molar-refractivity contribution in [2.75, 3.05) is 13.1 Å². The second kappa shape index (κ2) is 9.16. The Morgan fingerprint density at radius 2 is 1.82 bits per heavy atom. The van der Waals surface area contributed by atoms with Crippen molar-refractivity contribution in [1.82, 2.24) is 10.6 Å². The highest BCUT2D eigenvalue weighted by Gasteiger charge is 2.16. The summed E-state index contributed by atoms with van der Waals surface area (Å²) in [5, 5.41) is 6.96. The van der Waals surface area contributed by atoms with E-state index in [0.29, 0.717) is 16.6 Å². The number of hydrogen-bond donors (Lipinski definition) is 2. The maximum atomic E-state index is 12.0. The quantitative estimate of drug-likeness (QED) is 0.861. The third-order valence-electron chi connectivity index (χ3n) is 4.33. The highest BCUT2D eigenvalue weighted by Crippen LogP contribution is 2.19. The van der Waals surface area contributed by atoms with Crippen LogP contribution in [0.2, 0.25) is 5.02 Å². The molecule has 2 aliphatic rings. The Kier molecular flexibility index (Phi) is 7.20. The van der Waals surface area contributed by atoms with E-state index in [1.807, 2.05) is 19.1 Å². The Morgan fingerprint density at radius 1 is 1.14 bits per heavy atom. The molecule has 2 N–H and O–H groups in total. The number of aryl methyl sites for hydroxylation is 1. The van der Waals surface area contributed by atoms with E-state index in [9.17, 15) is 4.79 Å². The lowest BCUT2D eigenvalue weighted by Crippen LogP contribution is -2.36. The molecule has 1 aliphatic carbocycles. The van der Waals surface area contributed by atoms with E-state index in [2.05, 4.69) is 10.6 Å². The first kappa shape index (κ1) is 17.3. The van der Waals surface area contributed by atoms with Crippen LogP contribution in [0.25, 0.3) is 0 Å². The zero-order valence-corrected chi connectivity index (χ0v) is 14.2. The number of nitrogens with one attached hydrogen (secondary N) is 2. The van der Waals surface area contributed by atoms with Gasteiger partial charge in [0.25, 0.3) is 5.91 Å². The molecule has 1 aromatic carbocycles. The van der Waals surface area contributed by atoms with E-state index in [4.69, 9.17) is 11.6 Å². The average molecular weight is 323 g/mol.